The molecule has 0 spiro atoms. The number of phenols is 3. The molecule has 0 heterocycles. The SMILES string of the molecule is O=C(O)c1cc(O)c(O)c(O)c1C(=O)O. The van der Waals surface area contributed by atoms with E-state index in [9.17, 15) is 9.59 Å². The van der Waals surface area contributed by atoms with Crippen molar-refractivity contribution in [3.8, 4) is 17.2 Å². The Bertz CT molecular complexity index is 449. The molecule has 15 heavy (non-hydrogen) atoms. The highest BCUT2D eigenvalue weighted by Crippen LogP contribution is 2.39. The van der Waals surface area contributed by atoms with Crippen molar-refractivity contribution in [1.82, 2.24) is 0 Å². The highest BCUT2D eigenvalue weighted by molar-refractivity contribution is 6.05. The molecule has 0 aliphatic carbocycles. The highest BCUT2D eigenvalue weighted by Gasteiger charge is 2.25. The van der Waals surface area contributed by atoms with E-state index >= 15 is 0 Å². The van der Waals surface area contributed by atoms with Crippen LogP contribution in [0.3, 0.4) is 0 Å². The fourth-order valence-corrected chi connectivity index (χ4v) is 1.03. The van der Waals surface area contributed by atoms with Crippen molar-refractivity contribution in [2.75, 3.05) is 0 Å². The number of aromatic carboxylic acids is 2. The van der Waals surface area contributed by atoms with Gasteiger partial charge in [0.15, 0.2) is 11.5 Å². The van der Waals surface area contributed by atoms with Crippen molar-refractivity contribution < 1.29 is 35.1 Å². The van der Waals surface area contributed by atoms with Crippen LogP contribution in [0.2, 0.25) is 0 Å². The average molecular weight is 214 g/mol. The van der Waals surface area contributed by atoms with Crippen LogP contribution in [0.25, 0.3) is 0 Å². The summed E-state index contributed by atoms with van der Waals surface area (Å²) in [5.74, 6) is -6.52. The zero-order valence-corrected chi connectivity index (χ0v) is 7.13. The van der Waals surface area contributed by atoms with E-state index in [1.807, 2.05) is 0 Å². The number of phenolic OH excluding ortho intramolecular Hbond substituents is 2. The summed E-state index contributed by atoms with van der Waals surface area (Å²) >= 11 is 0. The van der Waals surface area contributed by atoms with Gasteiger partial charge in [0.1, 0.15) is 5.56 Å². The lowest BCUT2D eigenvalue weighted by atomic mass is 10.1. The minimum absolute atomic E-state index is 0.542. The molecule has 1 aromatic rings. The van der Waals surface area contributed by atoms with Gasteiger partial charge in [-0.15, -0.1) is 0 Å². The van der Waals surface area contributed by atoms with Gasteiger partial charge in [0.25, 0.3) is 0 Å². The maximum absolute atomic E-state index is 10.6. The van der Waals surface area contributed by atoms with Crippen LogP contribution in [0.15, 0.2) is 6.07 Å². The fraction of sp³-hybridized carbons (Fsp3) is 0. The molecule has 0 saturated heterocycles. The molecule has 5 N–H and O–H groups in total. The number of rotatable bonds is 2. The van der Waals surface area contributed by atoms with E-state index in [1.54, 1.807) is 0 Å². The predicted octanol–water partition coefficient (Wildman–Crippen LogP) is 0.200. The van der Waals surface area contributed by atoms with Crippen LogP contribution in [-0.4, -0.2) is 37.5 Å². The van der Waals surface area contributed by atoms with Gasteiger partial charge in [0.05, 0.1) is 5.56 Å². The summed E-state index contributed by atoms with van der Waals surface area (Å²) in [5.41, 5.74) is -1.78. The lowest BCUT2D eigenvalue weighted by Gasteiger charge is -2.07. The average Bonchev–Trinajstić information content (AvgIpc) is 2.12. The first-order valence-electron chi connectivity index (χ1n) is 3.60. The molecule has 0 aliphatic heterocycles. The molecule has 0 radical (unpaired) electrons. The highest BCUT2D eigenvalue weighted by atomic mass is 16.4. The molecule has 1 rings (SSSR count). The molecule has 0 atom stereocenters. The van der Waals surface area contributed by atoms with Crippen LogP contribution in [0.1, 0.15) is 20.7 Å². The molecule has 0 fully saturated rings. The molecule has 0 unspecified atom stereocenters. The summed E-state index contributed by atoms with van der Waals surface area (Å²) in [6, 6.07) is 0.542. The first-order valence-corrected chi connectivity index (χ1v) is 3.60. The molecule has 0 aliphatic rings. The minimum Gasteiger partial charge on any atom is -0.504 e. The topological polar surface area (TPSA) is 135 Å². The van der Waals surface area contributed by atoms with Crippen LogP contribution in [-0.2, 0) is 0 Å². The third-order valence-corrected chi connectivity index (χ3v) is 1.70. The summed E-state index contributed by atoms with van der Waals surface area (Å²) in [7, 11) is 0. The molecule has 0 amide bonds. The van der Waals surface area contributed by atoms with E-state index in [1.165, 1.54) is 0 Å². The number of carboxylic acid groups (broad SMARTS) is 2. The molecular weight excluding hydrogens is 208 g/mol. The van der Waals surface area contributed by atoms with Crippen LogP contribution in [0.5, 0.6) is 17.2 Å². The van der Waals surface area contributed by atoms with Gasteiger partial charge in [0.2, 0.25) is 5.75 Å². The number of hydrogen-bond donors (Lipinski definition) is 5. The number of carbonyl (C=O) groups is 2. The predicted molar refractivity (Wildman–Crippen MR) is 45.4 cm³/mol. The third kappa shape index (κ3) is 1.62. The van der Waals surface area contributed by atoms with E-state index < -0.39 is 40.3 Å². The fourth-order valence-electron chi connectivity index (χ4n) is 1.03. The Hall–Kier alpha value is -2.44. The summed E-state index contributed by atoms with van der Waals surface area (Å²) in [6.45, 7) is 0. The van der Waals surface area contributed by atoms with E-state index in [-0.39, 0.29) is 0 Å². The Morgan fingerprint density at radius 1 is 0.933 bits per heavy atom. The van der Waals surface area contributed by atoms with Gasteiger partial charge in [-0.3, -0.25) is 0 Å². The summed E-state index contributed by atoms with van der Waals surface area (Å²) < 4.78 is 0. The zero-order chi connectivity index (χ0) is 11.7. The van der Waals surface area contributed by atoms with Crippen LogP contribution in [0, 0.1) is 0 Å². The molecule has 0 bridgehead atoms. The smallest absolute Gasteiger partial charge is 0.340 e. The first kappa shape index (κ1) is 10.6. The maximum Gasteiger partial charge on any atom is 0.340 e. The van der Waals surface area contributed by atoms with Crippen molar-refractivity contribution >= 4 is 11.9 Å². The second-order valence-electron chi connectivity index (χ2n) is 2.63. The van der Waals surface area contributed by atoms with Gasteiger partial charge < -0.3 is 25.5 Å². The Kier molecular flexibility index (Phi) is 2.39. The summed E-state index contributed by atoms with van der Waals surface area (Å²) in [6.07, 6.45) is 0. The molecule has 1 aromatic carbocycles. The number of hydrogen-bond acceptors (Lipinski definition) is 5. The minimum atomic E-state index is -1.72. The van der Waals surface area contributed by atoms with Gasteiger partial charge in [0, 0.05) is 0 Å². The zero-order valence-electron chi connectivity index (χ0n) is 7.13. The molecule has 7 nitrogen and oxygen atoms in total. The molecule has 80 valence electrons. The molecule has 7 heteroatoms. The summed E-state index contributed by atoms with van der Waals surface area (Å²) in [5, 5.41) is 44.3. The van der Waals surface area contributed by atoms with Crippen molar-refractivity contribution in [3.63, 3.8) is 0 Å². The molecule has 0 aromatic heterocycles. The number of aromatic hydroxyl groups is 3. The summed E-state index contributed by atoms with van der Waals surface area (Å²) in [4.78, 5) is 21.2. The van der Waals surface area contributed by atoms with Crippen molar-refractivity contribution in [2.24, 2.45) is 0 Å². The normalized spacial score (nSPS) is 9.87. The van der Waals surface area contributed by atoms with Crippen molar-refractivity contribution in [3.05, 3.63) is 17.2 Å². The van der Waals surface area contributed by atoms with Crippen LogP contribution in [0.4, 0.5) is 0 Å². The van der Waals surface area contributed by atoms with Gasteiger partial charge >= 0.3 is 11.9 Å². The monoisotopic (exact) mass is 214 g/mol. The van der Waals surface area contributed by atoms with Crippen molar-refractivity contribution in [1.29, 1.82) is 0 Å². The number of carboxylic acids is 2. The van der Waals surface area contributed by atoms with Gasteiger partial charge in [-0.25, -0.2) is 9.59 Å². The molecular formula is C8H6O7. The van der Waals surface area contributed by atoms with Crippen LogP contribution >= 0.6 is 0 Å². The third-order valence-electron chi connectivity index (χ3n) is 1.70. The Labute approximate surface area is 82.5 Å². The van der Waals surface area contributed by atoms with E-state index in [4.69, 9.17) is 25.5 Å². The van der Waals surface area contributed by atoms with Gasteiger partial charge in [-0.2, -0.15) is 0 Å². The van der Waals surface area contributed by atoms with E-state index in [0.717, 1.165) is 0 Å². The van der Waals surface area contributed by atoms with E-state index in [2.05, 4.69) is 0 Å². The first-order chi connectivity index (χ1) is 6.86. The Morgan fingerprint density at radius 3 is 1.87 bits per heavy atom. The van der Waals surface area contributed by atoms with E-state index in [0.29, 0.717) is 6.07 Å². The standard InChI is InChI=1S/C8H6O7/c9-3-1-2(7(12)13)4(8(14)15)6(11)5(3)10/h1,9-11H,(H,12,13)(H,14,15). The lowest BCUT2D eigenvalue weighted by Crippen LogP contribution is -2.08. The number of benzene rings is 1. The van der Waals surface area contributed by atoms with Gasteiger partial charge in [-0.05, 0) is 6.07 Å². The Balaban J connectivity index is 3.65. The quantitative estimate of drug-likeness (QED) is 0.443. The largest absolute Gasteiger partial charge is 0.504 e. The maximum atomic E-state index is 10.6. The van der Waals surface area contributed by atoms with Crippen molar-refractivity contribution in [2.45, 2.75) is 0 Å². The lowest BCUT2D eigenvalue weighted by molar-refractivity contribution is 0.0647. The molecule has 0 saturated carbocycles. The second kappa shape index (κ2) is 3.37. The van der Waals surface area contributed by atoms with Gasteiger partial charge in [-0.1, -0.05) is 0 Å². The Morgan fingerprint density at radius 2 is 1.47 bits per heavy atom. The van der Waals surface area contributed by atoms with Crippen LogP contribution < -0.4 is 0 Å². The second-order valence-corrected chi connectivity index (χ2v) is 2.63.